The second-order valence-corrected chi connectivity index (χ2v) is 4.36. The van der Waals surface area contributed by atoms with E-state index in [1.807, 2.05) is 23.7 Å². The van der Waals surface area contributed by atoms with Gasteiger partial charge in [-0.05, 0) is 11.6 Å². The Hall–Kier alpha value is -1.52. The zero-order chi connectivity index (χ0) is 12.6. The molecule has 1 aromatic heterocycles. The average Bonchev–Trinajstić information content (AvgIpc) is 2.56. The topological polar surface area (TPSA) is 68.2 Å². The van der Waals surface area contributed by atoms with Crippen LogP contribution in [0, 0.1) is 0 Å². The second kappa shape index (κ2) is 4.39. The Kier molecular flexibility index (Phi) is 3.09. The molecule has 0 fully saturated rings. The monoisotopic (exact) mass is 252 g/mol. The van der Waals surface area contributed by atoms with Crippen LogP contribution in [0.4, 0.5) is 0 Å². The first kappa shape index (κ1) is 12.0. The van der Waals surface area contributed by atoms with Gasteiger partial charge in [-0.2, -0.15) is 0 Å². The Labute approximate surface area is 104 Å². The molecule has 5 heteroatoms. The summed E-state index contributed by atoms with van der Waals surface area (Å²) in [5, 5.41) is 10.5. The van der Waals surface area contributed by atoms with Crippen LogP contribution in [0.2, 0.25) is 5.02 Å². The molecule has 0 aliphatic heterocycles. The Balaban J connectivity index is 2.73. The molecule has 0 saturated heterocycles. The molecular formula is C12H13ClN2O2. The maximum absolute atomic E-state index is 11.2. The van der Waals surface area contributed by atoms with Gasteiger partial charge in [-0.3, -0.25) is 4.79 Å². The molecular weight excluding hydrogens is 240 g/mol. The highest BCUT2D eigenvalue weighted by molar-refractivity contribution is 6.36. The van der Waals surface area contributed by atoms with E-state index in [9.17, 15) is 4.79 Å². The van der Waals surface area contributed by atoms with Gasteiger partial charge in [0.2, 0.25) is 0 Å². The van der Waals surface area contributed by atoms with E-state index in [-0.39, 0.29) is 6.54 Å². The highest BCUT2D eigenvalue weighted by Crippen LogP contribution is 2.32. The number of nitrogens with zero attached hydrogens (tertiary/aromatic N) is 1. The molecule has 0 aliphatic rings. The fourth-order valence-electron chi connectivity index (χ4n) is 2.07. The van der Waals surface area contributed by atoms with Crippen molar-refractivity contribution in [1.29, 1.82) is 0 Å². The van der Waals surface area contributed by atoms with Crippen LogP contribution in [0.5, 0.6) is 0 Å². The largest absolute Gasteiger partial charge is 0.481 e. The van der Waals surface area contributed by atoms with Gasteiger partial charge in [-0.15, -0.1) is 0 Å². The van der Waals surface area contributed by atoms with E-state index >= 15 is 0 Å². The number of nitrogens with two attached hydrogens (primary N) is 1. The Morgan fingerprint density at radius 3 is 2.88 bits per heavy atom. The number of halogens is 1. The summed E-state index contributed by atoms with van der Waals surface area (Å²) in [6.45, 7) is 0.0552. The number of rotatable bonds is 3. The highest BCUT2D eigenvalue weighted by Gasteiger charge is 2.22. The van der Waals surface area contributed by atoms with Crippen LogP contribution in [0.25, 0.3) is 10.9 Å². The number of carbonyl (C=O) groups is 1. The van der Waals surface area contributed by atoms with E-state index in [1.165, 1.54) is 0 Å². The lowest BCUT2D eigenvalue weighted by Gasteiger charge is -2.12. The number of aryl methyl sites for hydroxylation is 1. The minimum absolute atomic E-state index is 0.0552. The molecule has 17 heavy (non-hydrogen) atoms. The predicted octanol–water partition coefficient (Wildman–Crippen LogP) is 1.96. The summed E-state index contributed by atoms with van der Waals surface area (Å²) < 4.78 is 1.87. The molecule has 0 spiro atoms. The molecule has 1 aromatic carbocycles. The van der Waals surface area contributed by atoms with Gasteiger partial charge in [0.25, 0.3) is 0 Å². The third-order valence-corrected chi connectivity index (χ3v) is 3.20. The third kappa shape index (κ3) is 1.90. The van der Waals surface area contributed by atoms with Crippen molar-refractivity contribution >= 4 is 28.5 Å². The van der Waals surface area contributed by atoms with Crippen LogP contribution < -0.4 is 5.73 Å². The van der Waals surface area contributed by atoms with Crippen molar-refractivity contribution in [1.82, 2.24) is 4.57 Å². The lowest BCUT2D eigenvalue weighted by atomic mass is 9.96. The number of aliphatic carboxylic acids is 1. The zero-order valence-electron chi connectivity index (χ0n) is 9.35. The standard InChI is InChI=1S/C12H13ClN2O2/c1-15-6-9(13)11-7(3-2-4-10(11)15)8(5-14)12(16)17/h2-4,6,8H,5,14H2,1H3,(H,16,17). The zero-order valence-corrected chi connectivity index (χ0v) is 10.1. The number of aromatic nitrogens is 1. The van der Waals surface area contributed by atoms with Crippen LogP contribution in [-0.4, -0.2) is 22.2 Å². The number of benzene rings is 1. The predicted molar refractivity (Wildman–Crippen MR) is 67.4 cm³/mol. The van der Waals surface area contributed by atoms with Crippen molar-refractivity contribution in [3.63, 3.8) is 0 Å². The van der Waals surface area contributed by atoms with E-state index < -0.39 is 11.9 Å². The van der Waals surface area contributed by atoms with Crippen LogP contribution >= 0.6 is 11.6 Å². The normalized spacial score (nSPS) is 12.9. The van der Waals surface area contributed by atoms with E-state index in [4.69, 9.17) is 22.4 Å². The lowest BCUT2D eigenvalue weighted by molar-refractivity contribution is -0.138. The maximum Gasteiger partial charge on any atom is 0.312 e. The van der Waals surface area contributed by atoms with Gasteiger partial charge in [0.05, 0.1) is 10.9 Å². The van der Waals surface area contributed by atoms with E-state index in [0.29, 0.717) is 10.6 Å². The molecule has 2 aromatic rings. The minimum atomic E-state index is -0.931. The van der Waals surface area contributed by atoms with Gasteiger partial charge < -0.3 is 15.4 Å². The van der Waals surface area contributed by atoms with Gasteiger partial charge in [0.15, 0.2) is 0 Å². The molecule has 0 aliphatic carbocycles. The number of hydrogen-bond donors (Lipinski definition) is 2. The molecule has 3 N–H and O–H groups in total. The number of carboxylic acids is 1. The SMILES string of the molecule is Cn1cc(Cl)c2c(C(CN)C(=O)O)cccc21. The lowest BCUT2D eigenvalue weighted by Crippen LogP contribution is -2.21. The number of carboxylic acid groups (broad SMARTS) is 1. The second-order valence-electron chi connectivity index (χ2n) is 3.96. The number of fused-ring (bicyclic) bond motifs is 1. The first-order valence-corrected chi connectivity index (χ1v) is 5.60. The summed E-state index contributed by atoms with van der Waals surface area (Å²) in [6, 6.07) is 5.49. The Morgan fingerprint density at radius 2 is 2.29 bits per heavy atom. The van der Waals surface area contributed by atoms with Crippen molar-refractivity contribution in [2.75, 3.05) is 6.54 Å². The first-order chi connectivity index (χ1) is 8.06. The molecule has 0 saturated carbocycles. The van der Waals surface area contributed by atoms with Crippen molar-refractivity contribution in [3.8, 4) is 0 Å². The summed E-state index contributed by atoms with van der Waals surface area (Å²) in [4.78, 5) is 11.2. The molecule has 0 radical (unpaired) electrons. The average molecular weight is 253 g/mol. The van der Waals surface area contributed by atoms with Crippen LogP contribution in [0.1, 0.15) is 11.5 Å². The van der Waals surface area contributed by atoms with Crippen molar-refractivity contribution in [2.24, 2.45) is 12.8 Å². The fraction of sp³-hybridized carbons (Fsp3) is 0.250. The molecule has 2 rings (SSSR count). The number of hydrogen-bond acceptors (Lipinski definition) is 2. The summed E-state index contributed by atoms with van der Waals surface area (Å²) in [5.41, 5.74) is 7.10. The molecule has 1 atom stereocenters. The quantitative estimate of drug-likeness (QED) is 0.877. The molecule has 0 amide bonds. The molecule has 1 heterocycles. The van der Waals surface area contributed by atoms with Crippen LogP contribution in [0.15, 0.2) is 24.4 Å². The minimum Gasteiger partial charge on any atom is -0.481 e. The smallest absolute Gasteiger partial charge is 0.312 e. The van der Waals surface area contributed by atoms with E-state index in [0.717, 1.165) is 10.9 Å². The maximum atomic E-state index is 11.2. The van der Waals surface area contributed by atoms with E-state index in [1.54, 1.807) is 12.3 Å². The van der Waals surface area contributed by atoms with Crippen molar-refractivity contribution in [2.45, 2.75) is 5.92 Å². The molecule has 90 valence electrons. The third-order valence-electron chi connectivity index (χ3n) is 2.91. The summed E-state index contributed by atoms with van der Waals surface area (Å²) in [5.74, 6) is -1.65. The van der Waals surface area contributed by atoms with Crippen molar-refractivity contribution in [3.05, 3.63) is 35.0 Å². The van der Waals surface area contributed by atoms with Gasteiger partial charge >= 0.3 is 5.97 Å². The van der Waals surface area contributed by atoms with Gasteiger partial charge in [0.1, 0.15) is 0 Å². The van der Waals surface area contributed by atoms with Gasteiger partial charge in [-0.1, -0.05) is 23.7 Å². The molecule has 0 bridgehead atoms. The molecule has 4 nitrogen and oxygen atoms in total. The first-order valence-electron chi connectivity index (χ1n) is 5.22. The van der Waals surface area contributed by atoms with Crippen LogP contribution in [0.3, 0.4) is 0 Å². The Morgan fingerprint density at radius 1 is 1.59 bits per heavy atom. The van der Waals surface area contributed by atoms with Crippen molar-refractivity contribution < 1.29 is 9.90 Å². The van der Waals surface area contributed by atoms with Gasteiger partial charge in [0, 0.05) is 30.7 Å². The van der Waals surface area contributed by atoms with Gasteiger partial charge in [-0.25, -0.2) is 0 Å². The summed E-state index contributed by atoms with van der Waals surface area (Å²) in [7, 11) is 1.87. The Bertz CT molecular complexity index is 577. The summed E-state index contributed by atoms with van der Waals surface area (Å²) in [6.07, 6.45) is 1.77. The van der Waals surface area contributed by atoms with E-state index in [2.05, 4.69) is 0 Å². The summed E-state index contributed by atoms with van der Waals surface area (Å²) >= 11 is 6.13. The molecule has 1 unspecified atom stereocenters. The fourth-order valence-corrected chi connectivity index (χ4v) is 2.42. The van der Waals surface area contributed by atoms with Crippen LogP contribution in [-0.2, 0) is 11.8 Å². The highest BCUT2D eigenvalue weighted by atomic mass is 35.5.